The molecule has 9 rings (SSSR count). The van der Waals surface area contributed by atoms with Crippen molar-refractivity contribution in [2.45, 2.75) is 0 Å². The van der Waals surface area contributed by atoms with Crippen molar-refractivity contribution >= 4 is 54.1 Å². The van der Waals surface area contributed by atoms with E-state index in [-0.39, 0.29) is 0 Å². The molecule has 1 aromatic heterocycles. The predicted molar refractivity (Wildman–Crippen MR) is 184 cm³/mol. The maximum absolute atomic E-state index is 2.43. The Hall–Kier alpha value is -5.66. The zero-order valence-corrected chi connectivity index (χ0v) is 23.5. The summed E-state index contributed by atoms with van der Waals surface area (Å²) in [6.07, 6.45) is 0. The molecule has 0 aliphatic carbocycles. The van der Waals surface area contributed by atoms with Crippen LogP contribution in [0, 0.1) is 0 Å². The molecule has 0 N–H and O–H groups in total. The van der Waals surface area contributed by atoms with Gasteiger partial charge in [0.1, 0.15) is 0 Å². The highest BCUT2D eigenvalue weighted by Crippen LogP contribution is 2.42. The highest BCUT2D eigenvalue weighted by Gasteiger charge is 2.17. The van der Waals surface area contributed by atoms with Crippen LogP contribution in [0.3, 0.4) is 0 Å². The minimum Gasteiger partial charge on any atom is -0.309 e. The zero-order valence-electron chi connectivity index (χ0n) is 23.5. The summed E-state index contributed by atoms with van der Waals surface area (Å²) >= 11 is 0. The Bertz CT molecular complexity index is 2420. The first-order valence-corrected chi connectivity index (χ1v) is 14.9. The second kappa shape index (κ2) is 9.44. The number of rotatable bonds is 3. The van der Waals surface area contributed by atoms with Crippen molar-refractivity contribution in [1.29, 1.82) is 0 Å². The summed E-state index contributed by atoms with van der Waals surface area (Å²) in [5.74, 6) is 0. The lowest BCUT2D eigenvalue weighted by molar-refractivity contribution is 1.18. The quantitative estimate of drug-likeness (QED) is 0.195. The van der Waals surface area contributed by atoms with Gasteiger partial charge < -0.3 is 4.57 Å². The number of benzene rings is 8. The van der Waals surface area contributed by atoms with E-state index in [1.165, 1.54) is 82.1 Å². The minimum atomic E-state index is 1.18. The number of nitrogens with zero attached hydrogens (tertiary/aromatic N) is 1. The third-order valence-electron chi connectivity index (χ3n) is 9.00. The van der Waals surface area contributed by atoms with Gasteiger partial charge in [0.15, 0.2) is 0 Å². The maximum atomic E-state index is 2.43. The summed E-state index contributed by atoms with van der Waals surface area (Å²) < 4.78 is 2.43. The Morgan fingerprint density at radius 3 is 1.30 bits per heavy atom. The smallest absolute Gasteiger partial charge is 0.0541 e. The minimum absolute atomic E-state index is 1.18. The van der Waals surface area contributed by atoms with Crippen molar-refractivity contribution < 1.29 is 0 Å². The summed E-state index contributed by atoms with van der Waals surface area (Å²) in [5, 5.41) is 10.3. The van der Waals surface area contributed by atoms with Crippen LogP contribution in [-0.4, -0.2) is 4.57 Å². The van der Waals surface area contributed by atoms with Gasteiger partial charge in [-0.3, -0.25) is 0 Å². The molecule has 43 heavy (non-hydrogen) atoms. The van der Waals surface area contributed by atoms with Crippen molar-refractivity contribution in [2.75, 3.05) is 0 Å². The second-order valence-corrected chi connectivity index (χ2v) is 11.3. The third-order valence-corrected chi connectivity index (χ3v) is 9.00. The molecular weight excluding hydrogens is 518 g/mol. The van der Waals surface area contributed by atoms with Gasteiger partial charge >= 0.3 is 0 Å². The normalized spacial score (nSPS) is 11.7. The molecule has 0 spiro atoms. The molecule has 0 fully saturated rings. The molecule has 0 atom stereocenters. The van der Waals surface area contributed by atoms with Gasteiger partial charge in [-0.25, -0.2) is 0 Å². The number of fused-ring (bicyclic) bond motifs is 9. The first-order valence-electron chi connectivity index (χ1n) is 14.9. The highest BCUT2D eigenvalue weighted by molar-refractivity contribution is 6.25. The van der Waals surface area contributed by atoms with Crippen LogP contribution >= 0.6 is 0 Å². The van der Waals surface area contributed by atoms with Gasteiger partial charge in [0, 0.05) is 16.3 Å². The summed E-state index contributed by atoms with van der Waals surface area (Å²) in [7, 11) is 0. The van der Waals surface area contributed by atoms with Crippen LogP contribution in [0.15, 0.2) is 164 Å². The molecule has 0 unspecified atom stereocenters. The van der Waals surface area contributed by atoms with E-state index in [0.717, 1.165) is 0 Å². The lowest BCUT2D eigenvalue weighted by Gasteiger charge is -2.17. The van der Waals surface area contributed by atoms with E-state index in [1.807, 2.05) is 0 Å². The lowest BCUT2D eigenvalue weighted by Crippen LogP contribution is -1.98. The molecule has 1 heteroatoms. The van der Waals surface area contributed by atoms with Crippen molar-refractivity contribution in [3.63, 3.8) is 0 Å². The molecular formula is C42H27N. The molecule has 9 aromatic rings. The summed E-state index contributed by atoms with van der Waals surface area (Å²) in [6.45, 7) is 0. The average molecular weight is 546 g/mol. The zero-order chi connectivity index (χ0) is 28.3. The largest absolute Gasteiger partial charge is 0.309 e. The number of aromatic nitrogens is 1. The summed E-state index contributed by atoms with van der Waals surface area (Å²) in [5.41, 5.74) is 8.52. The van der Waals surface area contributed by atoms with E-state index < -0.39 is 0 Å². The van der Waals surface area contributed by atoms with Gasteiger partial charge in [0.05, 0.1) is 16.7 Å². The fourth-order valence-electron chi connectivity index (χ4n) is 7.12. The second-order valence-electron chi connectivity index (χ2n) is 11.3. The highest BCUT2D eigenvalue weighted by atomic mass is 15.0. The fraction of sp³-hybridized carbons (Fsp3) is 0. The number of hydrogen-bond donors (Lipinski definition) is 0. The monoisotopic (exact) mass is 545 g/mol. The van der Waals surface area contributed by atoms with Crippen LogP contribution in [0.5, 0.6) is 0 Å². The van der Waals surface area contributed by atoms with Crippen LogP contribution in [0.1, 0.15) is 0 Å². The molecule has 8 aromatic carbocycles. The van der Waals surface area contributed by atoms with Crippen LogP contribution in [0.2, 0.25) is 0 Å². The maximum Gasteiger partial charge on any atom is 0.0541 e. The Kier molecular flexibility index (Phi) is 5.27. The first-order chi connectivity index (χ1) is 21.4. The van der Waals surface area contributed by atoms with E-state index >= 15 is 0 Å². The lowest BCUT2D eigenvalue weighted by atomic mass is 9.89. The Balaban J connectivity index is 1.31. The molecule has 0 bridgehead atoms. The van der Waals surface area contributed by atoms with Gasteiger partial charge in [0.2, 0.25) is 0 Å². The van der Waals surface area contributed by atoms with Crippen LogP contribution in [-0.2, 0) is 0 Å². The van der Waals surface area contributed by atoms with E-state index in [2.05, 4.69) is 168 Å². The molecule has 0 saturated heterocycles. The molecule has 200 valence electrons. The molecule has 1 heterocycles. The van der Waals surface area contributed by atoms with Gasteiger partial charge in [-0.2, -0.15) is 0 Å². The SMILES string of the molecule is c1ccc(-c2ccccc2-n2c3ccccc3c3ccccc32)c(-c2ccc3c4ccccc4c4ccccc4c3c2)c1. The summed E-state index contributed by atoms with van der Waals surface area (Å²) in [6, 6.07) is 59.7. The summed E-state index contributed by atoms with van der Waals surface area (Å²) in [4.78, 5) is 0. The van der Waals surface area contributed by atoms with Crippen molar-refractivity contribution in [3.05, 3.63) is 164 Å². The van der Waals surface area contributed by atoms with E-state index in [0.29, 0.717) is 0 Å². The Labute approximate surface area is 249 Å². The average Bonchev–Trinajstić information content (AvgIpc) is 3.42. The van der Waals surface area contributed by atoms with E-state index in [1.54, 1.807) is 0 Å². The number of para-hydroxylation sites is 3. The molecule has 0 saturated carbocycles. The van der Waals surface area contributed by atoms with E-state index in [4.69, 9.17) is 0 Å². The van der Waals surface area contributed by atoms with Crippen molar-refractivity contribution in [2.24, 2.45) is 0 Å². The van der Waals surface area contributed by atoms with Crippen LogP contribution in [0.4, 0.5) is 0 Å². The van der Waals surface area contributed by atoms with Gasteiger partial charge in [-0.1, -0.05) is 140 Å². The molecule has 0 aliphatic heterocycles. The van der Waals surface area contributed by atoms with Crippen LogP contribution < -0.4 is 0 Å². The van der Waals surface area contributed by atoms with Gasteiger partial charge in [-0.15, -0.1) is 0 Å². The Morgan fingerprint density at radius 1 is 0.279 bits per heavy atom. The molecule has 0 amide bonds. The Morgan fingerprint density at radius 2 is 0.698 bits per heavy atom. The molecule has 1 nitrogen and oxygen atoms in total. The van der Waals surface area contributed by atoms with Crippen molar-refractivity contribution in [3.8, 4) is 27.9 Å². The van der Waals surface area contributed by atoms with E-state index in [9.17, 15) is 0 Å². The molecule has 0 aliphatic rings. The molecule has 0 radical (unpaired) electrons. The van der Waals surface area contributed by atoms with Gasteiger partial charge in [0.25, 0.3) is 0 Å². The topological polar surface area (TPSA) is 4.93 Å². The fourth-order valence-corrected chi connectivity index (χ4v) is 7.12. The van der Waals surface area contributed by atoms with Crippen molar-refractivity contribution in [1.82, 2.24) is 4.57 Å². The first kappa shape index (κ1) is 24.0. The predicted octanol–water partition coefficient (Wildman–Crippen LogP) is 11.6. The third kappa shape index (κ3) is 3.58. The van der Waals surface area contributed by atoms with Crippen LogP contribution in [0.25, 0.3) is 82.1 Å². The number of hydrogen-bond acceptors (Lipinski definition) is 0. The standard InChI is InChI=1S/C42H27N/c1-2-14-30(36-19-7-10-22-40(36)43-41-23-11-8-20-37(41)38-21-9-12-24-42(38)43)29(13-1)28-25-26-35-33-17-4-3-15-31(33)32-16-5-6-18-34(32)39(35)27-28/h1-27H. The van der Waals surface area contributed by atoms with Gasteiger partial charge in [-0.05, 0) is 73.3 Å².